The van der Waals surface area contributed by atoms with Crippen LogP contribution in [0.3, 0.4) is 0 Å². The second-order valence-electron chi connectivity index (χ2n) is 6.47. The Hall–Kier alpha value is -1.47. The molecule has 0 bridgehead atoms. The van der Waals surface area contributed by atoms with Crippen molar-refractivity contribution >= 4 is 5.91 Å². The number of ether oxygens (including phenoxy) is 2. The largest absolute Gasteiger partial charge is 0.378 e. The first-order valence-corrected chi connectivity index (χ1v) is 8.42. The van der Waals surface area contributed by atoms with Gasteiger partial charge in [0.15, 0.2) is 5.82 Å². The summed E-state index contributed by atoms with van der Waals surface area (Å²) >= 11 is 0. The molecule has 0 aliphatic heterocycles. The van der Waals surface area contributed by atoms with Gasteiger partial charge in [-0.15, -0.1) is 0 Å². The van der Waals surface area contributed by atoms with Crippen LogP contribution in [-0.4, -0.2) is 41.4 Å². The summed E-state index contributed by atoms with van der Waals surface area (Å²) < 4.78 is 16.2. The lowest BCUT2D eigenvalue weighted by Crippen LogP contribution is -2.64. The highest BCUT2D eigenvalue weighted by Gasteiger charge is 2.57. The van der Waals surface area contributed by atoms with Gasteiger partial charge in [-0.2, -0.15) is 4.98 Å². The van der Waals surface area contributed by atoms with Gasteiger partial charge < -0.3 is 19.3 Å². The smallest absolute Gasteiger partial charge is 0.252 e. The van der Waals surface area contributed by atoms with Crippen LogP contribution in [0.1, 0.15) is 50.7 Å². The van der Waals surface area contributed by atoms with Crippen molar-refractivity contribution in [2.45, 2.75) is 64.7 Å². The number of hydrogen-bond acceptors (Lipinski definition) is 6. The first-order chi connectivity index (χ1) is 11.1. The highest BCUT2D eigenvalue weighted by atomic mass is 16.5. The van der Waals surface area contributed by atoms with Crippen LogP contribution in [0.5, 0.6) is 0 Å². The number of nitrogens with one attached hydrogen (secondary N) is 1. The van der Waals surface area contributed by atoms with Crippen molar-refractivity contribution in [1.82, 2.24) is 15.5 Å². The average molecular weight is 323 g/mol. The molecule has 1 N–H and O–H groups in total. The highest BCUT2D eigenvalue weighted by molar-refractivity contribution is 5.77. The Kier molecular flexibility index (Phi) is 4.96. The van der Waals surface area contributed by atoms with E-state index in [-0.39, 0.29) is 30.6 Å². The van der Waals surface area contributed by atoms with Gasteiger partial charge in [-0.1, -0.05) is 18.0 Å². The molecule has 2 aliphatic carbocycles. The molecule has 0 aromatic carbocycles. The molecular weight excluding hydrogens is 298 g/mol. The molecule has 128 valence electrons. The molecule has 3 rings (SSSR count). The van der Waals surface area contributed by atoms with E-state index in [2.05, 4.69) is 15.5 Å². The van der Waals surface area contributed by atoms with Gasteiger partial charge in [0.1, 0.15) is 13.2 Å². The minimum absolute atomic E-state index is 0.00725. The Bertz CT molecular complexity index is 539. The lowest BCUT2D eigenvalue weighted by atomic mass is 9.60. The number of aryl methyl sites for hydroxylation is 1. The van der Waals surface area contributed by atoms with Gasteiger partial charge in [0.25, 0.3) is 5.89 Å². The Morgan fingerprint density at radius 3 is 2.87 bits per heavy atom. The summed E-state index contributed by atoms with van der Waals surface area (Å²) in [7, 11) is 0. The quantitative estimate of drug-likeness (QED) is 0.822. The lowest BCUT2D eigenvalue weighted by Gasteiger charge is -2.54. The fourth-order valence-electron chi connectivity index (χ4n) is 3.95. The molecule has 1 amide bonds. The molecule has 2 aliphatic rings. The van der Waals surface area contributed by atoms with Gasteiger partial charge >= 0.3 is 0 Å². The number of amides is 1. The van der Waals surface area contributed by atoms with Crippen LogP contribution in [0.4, 0.5) is 0 Å². The monoisotopic (exact) mass is 323 g/mol. The molecule has 0 saturated heterocycles. The Labute approximate surface area is 136 Å². The zero-order chi connectivity index (χ0) is 16.3. The molecule has 1 aromatic rings. The summed E-state index contributed by atoms with van der Waals surface area (Å²) in [6.45, 7) is 4.67. The van der Waals surface area contributed by atoms with Crippen molar-refractivity contribution < 1.29 is 18.8 Å². The van der Waals surface area contributed by atoms with Crippen LogP contribution in [0.25, 0.3) is 0 Å². The van der Waals surface area contributed by atoms with E-state index in [0.29, 0.717) is 17.8 Å². The molecule has 1 spiro atoms. The van der Waals surface area contributed by atoms with E-state index in [1.807, 2.05) is 6.92 Å². The van der Waals surface area contributed by atoms with E-state index >= 15 is 0 Å². The fourth-order valence-corrected chi connectivity index (χ4v) is 3.95. The second-order valence-corrected chi connectivity index (χ2v) is 6.47. The zero-order valence-electron chi connectivity index (χ0n) is 13.8. The van der Waals surface area contributed by atoms with Crippen molar-refractivity contribution in [3.8, 4) is 0 Å². The number of aromatic nitrogens is 2. The summed E-state index contributed by atoms with van der Waals surface area (Å²) in [5, 5.41) is 6.80. The van der Waals surface area contributed by atoms with Crippen LogP contribution >= 0.6 is 0 Å². The normalized spacial score (nSPS) is 25.5. The van der Waals surface area contributed by atoms with E-state index in [1.165, 1.54) is 12.8 Å². The maximum Gasteiger partial charge on any atom is 0.252 e. The summed E-state index contributed by atoms with van der Waals surface area (Å²) in [5.74, 6) is 0.864. The molecule has 2 fully saturated rings. The number of carbonyl (C=O) groups is 1. The summed E-state index contributed by atoms with van der Waals surface area (Å²) in [6, 6.07) is 0.211. The average Bonchev–Trinajstić information content (AvgIpc) is 3.17. The first kappa shape index (κ1) is 16.4. The van der Waals surface area contributed by atoms with Crippen molar-refractivity contribution in [2.75, 3.05) is 13.2 Å². The number of carbonyl (C=O) groups excluding carboxylic acids is 1. The van der Waals surface area contributed by atoms with E-state index in [9.17, 15) is 4.79 Å². The van der Waals surface area contributed by atoms with Crippen LogP contribution in [0.2, 0.25) is 0 Å². The SMILES string of the molecule is CCO[C@@H]1C[C@H](NC(=O)COCc2nc(C)no2)C12CCCC2. The number of hydrogen-bond donors (Lipinski definition) is 1. The standard InChI is InChI=1S/C16H25N3O4/c1-3-22-13-8-12(16(13)6-4-5-7-16)18-14(20)9-21-10-15-17-11(2)19-23-15/h12-13H,3-10H2,1-2H3,(H,18,20)/t12-,13+/m0/s1. The van der Waals surface area contributed by atoms with E-state index < -0.39 is 0 Å². The summed E-state index contributed by atoms with van der Waals surface area (Å²) in [6.07, 6.45) is 5.94. The highest BCUT2D eigenvalue weighted by Crippen LogP contribution is 2.54. The maximum absolute atomic E-state index is 12.1. The molecule has 1 heterocycles. The van der Waals surface area contributed by atoms with Gasteiger partial charge in [-0.3, -0.25) is 4.79 Å². The minimum Gasteiger partial charge on any atom is -0.378 e. The minimum atomic E-state index is -0.0903. The third-order valence-corrected chi connectivity index (χ3v) is 5.05. The number of nitrogens with zero attached hydrogens (tertiary/aromatic N) is 2. The van der Waals surface area contributed by atoms with Crippen LogP contribution in [0.15, 0.2) is 4.52 Å². The van der Waals surface area contributed by atoms with Gasteiger partial charge in [-0.25, -0.2) is 0 Å². The second kappa shape index (κ2) is 6.97. The third kappa shape index (κ3) is 3.40. The Balaban J connectivity index is 1.44. The predicted molar refractivity (Wildman–Crippen MR) is 81.6 cm³/mol. The summed E-state index contributed by atoms with van der Waals surface area (Å²) in [4.78, 5) is 16.1. The molecule has 0 radical (unpaired) electrons. The van der Waals surface area contributed by atoms with Crippen molar-refractivity contribution in [2.24, 2.45) is 5.41 Å². The van der Waals surface area contributed by atoms with Crippen molar-refractivity contribution in [3.63, 3.8) is 0 Å². The predicted octanol–water partition coefficient (Wildman–Crippen LogP) is 1.75. The van der Waals surface area contributed by atoms with Crippen LogP contribution < -0.4 is 5.32 Å². The Morgan fingerprint density at radius 2 is 2.22 bits per heavy atom. The fraction of sp³-hybridized carbons (Fsp3) is 0.812. The van der Waals surface area contributed by atoms with Crippen molar-refractivity contribution in [3.05, 3.63) is 11.7 Å². The van der Waals surface area contributed by atoms with Crippen LogP contribution in [-0.2, 0) is 20.9 Å². The molecule has 2 atom stereocenters. The van der Waals surface area contributed by atoms with Gasteiger partial charge in [0.2, 0.25) is 5.91 Å². The van der Waals surface area contributed by atoms with E-state index in [0.717, 1.165) is 25.9 Å². The van der Waals surface area contributed by atoms with Gasteiger partial charge in [-0.05, 0) is 33.1 Å². The van der Waals surface area contributed by atoms with Crippen molar-refractivity contribution in [1.29, 1.82) is 0 Å². The van der Waals surface area contributed by atoms with E-state index in [4.69, 9.17) is 14.0 Å². The van der Waals surface area contributed by atoms with Gasteiger partial charge in [0.05, 0.1) is 6.10 Å². The maximum atomic E-state index is 12.1. The molecule has 2 saturated carbocycles. The third-order valence-electron chi connectivity index (χ3n) is 5.05. The Morgan fingerprint density at radius 1 is 1.43 bits per heavy atom. The molecule has 0 unspecified atom stereocenters. The first-order valence-electron chi connectivity index (χ1n) is 8.42. The molecule has 23 heavy (non-hydrogen) atoms. The number of rotatable bonds is 7. The van der Waals surface area contributed by atoms with Gasteiger partial charge in [0, 0.05) is 18.1 Å². The topological polar surface area (TPSA) is 86.5 Å². The molecule has 7 heteroatoms. The molecule has 7 nitrogen and oxygen atoms in total. The van der Waals surface area contributed by atoms with Crippen LogP contribution in [0, 0.1) is 12.3 Å². The van der Waals surface area contributed by atoms with E-state index in [1.54, 1.807) is 6.92 Å². The summed E-state index contributed by atoms with van der Waals surface area (Å²) in [5.41, 5.74) is 0.148. The zero-order valence-corrected chi connectivity index (χ0v) is 13.8. The molecular formula is C16H25N3O4. The lowest BCUT2D eigenvalue weighted by molar-refractivity contribution is -0.147. The molecule has 1 aromatic heterocycles.